The van der Waals surface area contributed by atoms with Gasteiger partial charge in [0.25, 0.3) is 11.8 Å². The summed E-state index contributed by atoms with van der Waals surface area (Å²) in [5.41, 5.74) is 0.548. The third-order valence-corrected chi connectivity index (χ3v) is 6.46. The van der Waals surface area contributed by atoms with Crippen LogP contribution in [-0.4, -0.2) is 56.9 Å². The van der Waals surface area contributed by atoms with E-state index >= 15 is 0 Å². The first-order chi connectivity index (χ1) is 14.7. The molecule has 1 aliphatic heterocycles. The maximum atomic E-state index is 13.2. The molecule has 2 aromatic rings. The van der Waals surface area contributed by atoms with Crippen LogP contribution in [0.5, 0.6) is 0 Å². The highest BCUT2D eigenvalue weighted by Crippen LogP contribution is 2.24. The first-order valence-corrected chi connectivity index (χ1v) is 11.3. The molecule has 0 unspecified atom stereocenters. The number of esters is 1. The SMILES string of the molecule is O=C(CNC(=O)c1cccc(F)c1)OCC(=O)N(c1ccccc1)[C@@H]1CCS(=O)(=O)C1. The Hall–Kier alpha value is -3.27. The standard InChI is InChI=1S/C21H21FN2O6S/c22-16-6-4-5-15(11-16)21(27)23-12-20(26)30-13-19(25)24(17-7-2-1-3-8-17)18-9-10-31(28,29)14-18/h1-8,11,18H,9-10,12-14H2,(H,23,27)/t18-/m1/s1. The minimum absolute atomic E-state index is 0.0137. The average molecular weight is 448 g/mol. The van der Waals surface area contributed by atoms with Crippen LogP contribution < -0.4 is 10.2 Å². The molecule has 8 nitrogen and oxygen atoms in total. The highest BCUT2D eigenvalue weighted by atomic mass is 32.2. The van der Waals surface area contributed by atoms with Gasteiger partial charge in [-0.1, -0.05) is 24.3 Å². The summed E-state index contributed by atoms with van der Waals surface area (Å²) in [6.45, 7) is -1.12. The van der Waals surface area contributed by atoms with Crippen molar-refractivity contribution in [2.75, 3.05) is 29.6 Å². The van der Waals surface area contributed by atoms with Gasteiger partial charge in [0.1, 0.15) is 12.4 Å². The molecule has 1 heterocycles. The van der Waals surface area contributed by atoms with Gasteiger partial charge in [0.2, 0.25) is 0 Å². The van der Waals surface area contributed by atoms with Crippen LogP contribution in [-0.2, 0) is 24.2 Å². The van der Waals surface area contributed by atoms with Crippen LogP contribution in [0.15, 0.2) is 54.6 Å². The Morgan fingerprint density at radius 3 is 2.48 bits per heavy atom. The number of anilines is 1. The Balaban J connectivity index is 1.58. The fourth-order valence-electron chi connectivity index (χ4n) is 3.27. The number of para-hydroxylation sites is 1. The lowest BCUT2D eigenvalue weighted by molar-refractivity contribution is -0.146. The number of hydrogen-bond acceptors (Lipinski definition) is 6. The number of hydrogen-bond donors (Lipinski definition) is 1. The second kappa shape index (κ2) is 9.69. The van der Waals surface area contributed by atoms with Crippen LogP contribution in [0, 0.1) is 5.82 Å². The number of halogens is 1. The van der Waals surface area contributed by atoms with Crippen LogP contribution in [0.3, 0.4) is 0 Å². The highest BCUT2D eigenvalue weighted by Gasteiger charge is 2.35. The molecule has 1 saturated heterocycles. The zero-order valence-corrected chi connectivity index (χ0v) is 17.3. The van der Waals surface area contributed by atoms with Gasteiger partial charge >= 0.3 is 5.97 Å². The van der Waals surface area contributed by atoms with Gasteiger partial charge in [-0.25, -0.2) is 12.8 Å². The van der Waals surface area contributed by atoms with Gasteiger partial charge in [0.05, 0.1) is 17.5 Å². The van der Waals surface area contributed by atoms with Crippen molar-refractivity contribution in [3.63, 3.8) is 0 Å². The summed E-state index contributed by atoms with van der Waals surface area (Å²) >= 11 is 0. The maximum absolute atomic E-state index is 13.2. The number of amides is 2. The van der Waals surface area contributed by atoms with Crippen molar-refractivity contribution >= 4 is 33.3 Å². The van der Waals surface area contributed by atoms with Crippen molar-refractivity contribution in [2.45, 2.75) is 12.5 Å². The van der Waals surface area contributed by atoms with Crippen molar-refractivity contribution in [2.24, 2.45) is 0 Å². The van der Waals surface area contributed by atoms with Crippen molar-refractivity contribution in [3.05, 3.63) is 66.0 Å². The average Bonchev–Trinajstić information content (AvgIpc) is 3.10. The Kier molecular flexibility index (Phi) is 7.01. The summed E-state index contributed by atoms with van der Waals surface area (Å²) in [5, 5.41) is 2.29. The predicted octanol–water partition coefficient (Wildman–Crippen LogP) is 1.32. The number of carbonyl (C=O) groups excluding carboxylic acids is 3. The van der Waals surface area contributed by atoms with Gasteiger partial charge in [0.15, 0.2) is 16.4 Å². The molecule has 0 aromatic heterocycles. The zero-order chi connectivity index (χ0) is 22.4. The molecule has 164 valence electrons. The van der Waals surface area contributed by atoms with Crippen molar-refractivity contribution in [1.82, 2.24) is 5.32 Å². The minimum atomic E-state index is -3.24. The molecule has 31 heavy (non-hydrogen) atoms. The van der Waals surface area contributed by atoms with Gasteiger partial charge in [-0.05, 0) is 36.8 Å². The van der Waals surface area contributed by atoms with Gasteiger partial charge in [-0.3, -0.25) is 14.4 Å². The lowest BCUT2D eigenvalue weighted by Crippen LogP contribution is -2.44. The molecule has 1 atom stereocenters. The molecule has 10 heteroatoms. The molecule has 0 saturated carbocycles. The summed E-state index contributed by atoms with van der Waals surface area (Å²) in [4.78, 5) is 38.0. The Morgan fingerprint density at radius 2 is 1.84 bits per heavy atom. The largest absolute Gasteiger partial charge is 0.454 e. The van der Waals surface area contributed by atoms with E-state index in [0.717, 1.165) is 6.07 Å². The molecular weight excluding hydrogens is 427 g/mol. The van der Waals surface area contributed by atoms with E-state index < -0.39 is 52.6 Å². The number of carbonyl (C=O) groups is 3. The maximum Gasteiger partial charge on any atom is 0.325 e. The molecule has 0 radical (unpaired) electrons. The summed E-state index contributed by atoms with van der Waals surface area (Å²) < 4.78 is 41.9. The van der Waals surface area contributed by atoms with E-state index in [4.69, 9.17) is 4.74 Å². The molecule has 2 amide bonds. The normalized spacial score (nSPS) is 17.0. The second-order valence-corrected chi connectivity index (χ2v) is 9.24. The van der Waals surface area contributed by atoms with Gasteiger partial charge < -0.3 is 15.0 Å². The quantitative estimate of drug-likeness (QED) is 0.640. The second-order valence-electron chi connectivity index (χ2n) is 7.01. The number of nitrogens with zero attached hydrogens (tertiary/aromatic N) is 1. The van der Waals surface area contributed by atoms with Crippen LogP contribution in [0.4, 0.5) is 10.1 Å². The number of sulfone groups is 1. The minimum Gasteiger partial charge on any atom is -0.454 e. The van der Waals surface area contributed by atoms with Crippen molar-refractivity contribution < 1.29 is 31.9 Å². The van der Waals surface area contributed by atoms with E-state index in [2.05, 4.69) is 5.32 Å². The van der Waals surface area contributed by atoms with Gasteiger partial charge in [-0.15, -0.1) is 0 Å². The first kappa shape index (κ1) is 22.4. The smallest absolute Gasteiger partial charge is 0.325 e. The summed E-state index contributed by atoms with van der Waals surface area (Å²) in [5.74, 6) is -2.85. The van der Waals surface area contributed by atoms with Gasteiger partial charge in [-0.2, -0.15) is 0 Å². The molecule has 0 aliphatic carbocycles. The molecule has 0 spiro atoms. The van der Waals surface area contributed by atoms with Gasteiger partial charge in [0, 0.05) is 11.3 Å². The number of rotatable bonds is 7. The summed E-state index contributed by atoms with van der Waals surface area (Å²) in [6, 6.07) is 12.9. The third kappa shape index (κ3) is 6.11. The zero-order valence-electron chi connectivity index (χ0n) is 16.5. The Bertz CT molecular complexity index is 1070. The topological polar surface area (TPSA) is 110 Å². The third-order valence-electron chi connectivity index (χ3n) is 4.71. The number of nitrogens with one attached hydrogen (secondary N) is 1. The summed E-state index contributed by atoms with van der Waals surface area (Å²) in [6.07, 6.45) is 0.292. The highest BCUT2D eigenvalue weighted by molar-refractivity contribution is 7.91. The number of benzene rings is 2. The molecule has 1 aliphatic rings. The first-order valence-electron chi connectivity index (χ1n) is 9.52. The van der Waals surface area contributed by atoms with Crippen LogP contribution in [0.25, 0.3) is 0 Å². The van der Waals surface area contributed by atoms with Crippen molar-refractivity contribution in [3.8, 4) is 0 Å². The fourth-order valence-corrected chi connectivity index (χ4v) is 4.97. The lowest BCUT2D eigenvalue weighted by atomic mass is 10.2. The molecule has 2 aromatic carbocycles. The van der Waals surface area contributed by atoms with Crippen molar-refractivity contribution in [1.29, 1.82) is 0 Å². The molecular formula is C21H21FN2O6S. The molecule has 0 bridgehead atoms. The Morgan fingerprint density at radius 1 is 1.10 bits per heavy atom. The fraction of sp³-hybridized carbons (Fsp3) is 0.286. The van der Waals surface area contributed by atoms with Crippen LogP contribution in [0.2, 0.25) is 0 Å². The van der Waals surface area contributed by atoms with E-state index in [-0.39, 0.29) is 17.1 Å². The molecule has 1 N–H and O–H groups in total. The van der Waals surface area contributed by atoms with E-state index in [1.807, 2.05) is 0 Å². The number of ether oxygens (including phenoxy) is 1. The van der Waals surface area contributed by atoms with E-state index in [1.54, 1.807) is 30.3 Å². The van der Waals surface area contributed by atoms with E-state index in [0.29, 0.717) is 12.1 Å². The van der Waals surface area contributed by atoms with E-state index in [1.165, 1.54) is 23.1 Å². The monoisotopic (exact) mass is 448 g/mol. The molecule has 1 fully saturated rings. The predicted molar refractivity (Wildman–Crippen MR) is 111 cm³/mol. The molecule has 3 rings (SSSR count). The van der Waals surface area contributed by atoms with E-state index in [9.17, 15) is 27.2 Å². The van der Waals surface area contributed by atoms with Crippen LogP contribution >= 0.6 is 0 Å². The van der Waals surface area contributed by atoms with Crippen LogP contribution in [0.1, 0.15) is 16.8 Å². The summed E-state index contributed by atoms with van der Waals surface area (Å²) in [7, 11) is -3.24. The lowest BCUT2D eigenvalue weighted by Gasteiger charge is -2.28. The Labute approximate surface area is 178 Å².